The van der Waals surface area contributed by atoms with Crippen molar-refractivity contribution in [1.82, 2.24) is 4.90 Å². The molecule has 1 aliphatic heterocycles. The van der Waals surface area contributed by atoms with E-state index in [1.807, 2.05) is 19.1 Å². The Hall–Kier alpha value is -2.02. The zero-order valence-electron chi connectivity index (χ0n) is 15.1. The van der Waals surface area contributed by atoms with E-state index in [4.69, 9.17) is 9.15 Å². The molecule has 6 heteroatoms. The molecule has 2 aromatic carbocycles. The van der Waals surface area contributed by atoms with Crippen LogP contribution in [-0.2, 0) is 11.3 Å². The van der Waals surface area contributed by atoms with E-state index in [-0.39, 0.29) is 11.2 Å². The van der Waals surface area contributed by atoms with E-state index in [1.54, 1.807) is 24.3 Å². The average Bonchev–Trinajstić information content (AvgIpc) is 2.66. The molecule has 0 amide bonds. The van der Waals surface area contributed by atoms with Crippen LogP contribution in [0.1, 0.15) is 11.3 Å². The van der Waals surface area contributed by atoms with Crippen molar-refractivity contribution in [2.24, 2.45) is 0 Å². The van der Waals surface area contributed by atoms with Gasteiger partial charge in [0.1, 0.15) is 17.2 Å². The number of morpholine rings is 1. The summed E-state index contributed by atoms with van der Waals surface area (Å²) in [6.45, 7) is 5.82. The Kier molecular flexibility index (Phi) is 6.77. The Balaban J connectivity index is 0.000000221. The molecule has 1 aliphatic rings. The van der Waals surface area contributed by atoms with Crippen LogP contribution in [0.15, 0.2) is 62.2 Å². The minimum absolute atomic E-state index is 0.00538. The van der Waals surface area contributed by atoms with Gasteiger partial charge >= 0.3 is 0 Å². The zero-order valence-corrected chi connectivity index (χ0v) is 16.7. The highest BCUT2D eigenvalue weighted by molar-refractivity contribution is 9.10. The molecule has 2 heterocycles. The predicted octanol–water partition coefficient (Wildman–Crippen LogP) is 4.52. The number of hydrogen-bond acceptors (Lipinski definition) is 4. The number of halogens is 2. The van der Waals surface area contributed by atoms with Gasteiger partial charge in [-0.2, -0.15) is 0 Å². The Morgan fingerprint density at radius 3 is 2.44 bits per heavy atom. The molecule has 4 nitrogen and oxygen atoms in total. The van der Waals surface area contributed by atoms with Gasteiger partial charge in [0.2, 0.25) is 0 Å². The molecule has 0 spiro atoms. The molecule has 27 heavy (non-hydrogen) atoms. The molecule has 142 valence electrons. The van der Waals surface area contributed by atoms with Gasteiger partial charge in [0.25, 0.3) is 0 Å². The van der Waals surface area contributed by atoms with Crippen molar-refractivity contribution < 1.29 is 13.5 Å². The van der Waals surface area contributed by atoms with Gasteiger partial charge in [-0.1, -0.05) is 33.6 Å². The second-order valence-corrected chi connectivity index (χ2v) is 7.32. The summed E-state index contributed by atoms with van der Waals surface area (Å²) in [5.74, 6) is 0.539. The lowest BCUT2D eigenvalue weighted by atomic mass is 10.2. The second kappa shape index (κ2) is 9.26. The Morgan fingerprint density at radius 2 is 1.78 bits per heavy atom. The van der Waals surface area contributed by atoms with Crippen LogP contribution < -0.4 is 5.43 Å². The molecule has 0 bridgehead atoms. The van der Waals surface area contributed by atoms with E-state index in [1.165, 1.54) is 12.1 Å². The van der Waals surface area contributed by atoms with E-state index in [2.05, 4.69) is 20.8 Å². The number of nitrogens with zero attached hydrogens (tertiary/aromatic N) is 1. The van der Waals surface area contributed by atoms with Gasteiger partial charge in [0.05, 0.1) is 25.1 Å². The smallest absolute Gasteiger partial charge is 0.193 e. The number of ether oxygens (including phenoxy) is 1. The molecule has 0 aliphatic carbocycles. The highest BCUT2D eigenvalue weighted by atomic mass is 79.9. The van der Waals surface area contributed by atoms with Crippen LogP contribution in [0.4, 0.5) is 4.39 Å². The Labute approximate surface area is 165 Å². The molecule has 1 saturated heterocycles. The lowest BCUT2D eigenvalue weighted by molar-refractivity contribution is 0.0314. The second-order valence-electron chi connectivity index (χ2n) is 6.40. The zero-order chi connectivity index (χ0) is 19.2. The largest absolute Gasteiger partial charge is 0.459 e. The molecule has 4 rings (SSSR count). The van der Waals surface area contributed by atoms with Crippen molar-refractivity contribution in [1.29, 1.82) is 0 Å². The first-order valence-corrected chi connectivity index (χ1v) is 9.55. The number of aryl methyl sites for hydroxylation is 1. The fraction of sp³-hybridized carbons (Fsp3) is 0.286. The van der Waals surface area contributed by atoms with Crippen molar-refractivity contribution in [2.75, 3.05) is 26.3 Å². The summed E-state index contributed by atoms with van der Waals surface area (Å²) in [6.07, 6.45) is 0. The molecule has 0 unspecified atom stereocenters. The highest BCUT2D eigenvalue weighted by Crippen LogP contribution is 2.19. The van der Waals surface area contributed by atoms with E-state index < -0.39 is 0 Å². The third-order valence-electron chi connectivity index (χ3n) is 4.23. The fourth-order valence-electron chi connectivity index (χ4n) is 2.77. The lowest BCUT2D eigenvalue weighted by Gasteiger charge is -2.25. The lowest BCUT2D eigenvalue weighted by Crippen LogP contribution is -2.35. The molecule has 0 atom stereocenters. The third kappa shape index (κ3) is 5.73. The van der Waals surface area contributed by atoms with E-state index in [0.29, 0.717) is 23.3 Å². The number of fused-ring (bicyclic) bond motifs is 1. The molecule has 3 aromatic rings. The van der Waals surface area contributed by atoms with Crippen LogP contribution in [0.2, 0.25) is 0 Å². The minimum atomic E-state index is -0.171. The van der Waals surface area contributed by atoms with E-state index >= 15 is 0 Å². The Bertz CT molecular complexity index is 929. The Morgan fingerprint density at radius 1 is 1.07 bits per heavy atom. The third-order valence-corrected chi connectivity index (χ3v) is 4.73. The van der Waals surface area contributed by atoms with Crippen molar-refractivity contribution in [3.05, 3.63) is 80.4 Å². The molecule has 1 fully saturated rings. The summed E-state index contributed by atoms with van der Waals surface area (Å²) in [5.41, 5.74) is 1.73. The first-order valence-electron chi connectivity index (χ1n) is 8.76. The van der Waals surface area contributed by atoms with Gasteiger partial charge < -0.3 is 9.15 Å². The van der Waals surface area contributed by atoms with Crippen molar-refractivity contribution >= 4 is 26.9 Å². The van der Waals surface area contributed by atoms with Crippen LogP contribution >= 0.6 is 15.9 Å². The molecular weight excluding hydrogens is 413 g/mol. The summed E-state index contributed by atoms with van der Waals surface area (Å²) in [7, 11) is 0. The molecule has 0 saturated carbocycles. The van der Waals surface area contributed by atoms with Crippen LogP contribution in [0.5, 0.6) is 0 Å². The molecule has 0 N–H and O–H groups in total. The summed E-state index contributed by atoms with van der Waals surface area (Å²) in [6, 6.07) is 13.5. The first kappa shape index (κ1) is 19.7. The van der Waals surface area contributed by atoms with Gasteiger partial charge in [-0.25, -0.2) is 4.39 Å². The van der Waals surface area contributed by atoms with E-state index in [0.717, 1.165) is 36.3 Å². The van der Waals surface area contributed by atoms with Crippen LogP contribution in [-0.4, -0.2) is 31.2 Å². The van der Waals surface area contributed by atoms with Gasteiger partial charge in [-0.15, -0.1) is 0 Å². The minimum Gasteiger partial charge on any atom is -0.459 e. The SMILES string of the molecule is Cc1ccc(F)cc1.O=c1cc(CN2CCOCC2)oc2ccc(Br)cc12. The first-order chi connectivity index (χ1) is 13.0. The van der Waals surface area contributed by atoms with Gasteiger partial charge in [-0.05, 0) is 37.3 Å². The van der Waals surface area contributed by atoms with E-state index in [9.17, 15) is 9.18 Å². The van der Waals surface area contributed by atoms with Gasteiger partial charge in [0, 0.05) is 23.6 Å². The van der Waals surface area contributed by atoms with Crippen LogP contribution in [0, 0.1) is 12.7 Å². The number of benzene rings is 2. The summed E-state index contributed by atoms with van der Waals surface area (Å²) < 4.78 is 24.1. The highest BCUT2D eigenvalue weighted by Gasteiger charge is 2.13. The maximum Gasteiger partial charge on any atom is 0.193 e. The number of rotatable bonds is 2. The quantitative estimate of drug-likeness (QED) is 0.595. The summed E-state index contributed by atoms with van der Waals surface area (Å²) in [5, 5.41) is 0.611. The molecule has 1 aromatic heterocycles. The van der Waals surface area contributed by atoms with Crippen molar-refractivity contribution in [3.8, 4) is 0 Å². The van der Waals surface area contributed by atoms with Crippen molar-refractivity contribution in [2.45, 2.75) is 13.5 Å². The molecular formula is C21H21BrFNO3. The number of hydrogen-bond donors (Lipinski definition) is 0. The van der Waals surface area contributed by atoms with Gasteiger partial charge in [0.15, 0.2) is 5.43 Å². The molecule has 0 radical (unpaired) electrons. The maximum absolute atomic E-state index is 12.1. The maximum atomic E-state index is 12.1. The monoisotopic (exact) mass is 433 g/mol. The standard InChI is InChI=1S/C14H14BrNO3.C7H7F/c15-10-1-2-14-12(7-10)13(17)8-11(19-14)9-16-3-5-18-6-4-16;1-6-2-4-7(8)5-3-6/h1-2,7-8H,3-6,9H2;2-5H,1H3. The topological polar surface area (TPSA) is 42.7 Å². The predicted molar refractivity (Wildman–Crippen MR) is 107 cm³/mol. The summed E-state index contributed by atoms with van der Waals surface area (Å²) >= 11 is 3.36. The van der Waals surface area contributed by atoms with Crippen molar-refractivity contribution in [3.63, 3.8) is 0 Å². The average molecular weight is 434 g/mol. The van der Waals surface area contributed by atoms with Gasteiger partial charge in [-0.3, -0.25) is 9.69 Å². The normalized spacial score (nSPS) is 14.6. The van der Waals surface area contributed by atoms with Crippen LogP contribution in [0.25, 0.3) is 11.0 Å². The summed E-state index contributed by atoms with van der Waals surface area (Å²) in [4.78, 5) is 14.3. The fourth-order valence-corrected chi connectivity index (χ4v) is 3.13. The van der Waals surface area contributed by atoms with Crippen LogP contribution in [0.3, 0.4) is 0 Å².